The highest BCUT2D eigenvalue weighted by atomic mass is 35.5. The van der Waals surface area contributed by atoms with E-state index in [-0.39, 0.29) is 6.04 Å². The molecule has 5 heteroatoms. The summed E-state index contributed by atoms with van der Waals surface area (Å²) >= 11 is 12.0. The molecule has 1 unspecified atom stereocenters. The van der Waals surface area contributed by atoms with Crippen molar-refractivity contribution in [3.63, 3.8) is 0 Å². The molecule has 0 bridgehead atoms. The zero-order chi connectivity index (χ0) is 14.5. The van der Waals surface area contributed by atoms with Crippen molar-refractivity contribution in [2.45, 2.75) is 25.8 Å². The van der Waals surface area contributed by atoms with E-state index in [0.717, 1.165) is 19.4 Å². The Kier molecular flexibility index (Phi) is 5.46. The Morgan fingerprint density at radius 2 is 2.05 bits per heavy atom. The second-order valence-corrected chi connectivity index (χ2v) is 5.60. The maximum atomic E-state index is 6.08. The molecular formula is C15H19Cl2N3. The molecule has 1 aromatic heterocycles. The fourth-order valence-electron chi connectivity index (χ4n) is 2.25. The molecule has 0 spiro atoms. The van der Waals surface area contributed by atoms with E-state index in [0.29, 0.717) is 10.0 Å². The molecule has 1 heterocycles. The van der Waals surface area contributed by atoms with Crippen LogP contribution in [0.25, 0.3) is 0 Å². The first kappa shape index (κ1) is 15.4. The first-order valence-electron chi connectivity index (χ1n) is 6.77. The summed E-state index contributed by atoms with van der Waals surface area (Å²) in [6.45, 7) is 3.06. The van der Waals surface area contributed by atoms with Crippen LogP contribution in [0, 0.1) is 0 Å². The highest BCUT2D eigenvalue weighted by molar-refractivity contribution is 6.42. The molecule has 2 aromatic rings. The number of nitrogens with one attached hydrogen (secondary N) is 1. The van der Waals surface area contributed by atoms with Crippen LogP contribution in [0.1, 0.15) is 30.6 Å². The van der Waals surface area contributed by atoms with E-state index in [2.05, 4.69) is 17.3 Å². The lowest BCUT2D eigenvalue weighted by molar-refractivity contribution is 0.516. The molecule has 1 aromatic carbocycles. The van der Waals surface area contributed by atoms with Gasteiger partial charge in [0.1, 0.15) is 0 Å². The van der Waals surface area contributed by atoms with Crippen LogP contribution >= 0.6 is 23.2 Å². The van der Waals surface area contributed by atoms with Gasteiger partial charge in [0.15, 0.2) is 0 Å². The van der Waals surface area contributed by atoms with E-state index in [9.17, 15) is 0 Å². The third-order valence-electron chi connectivity index (χ3n) is 3.45. The minimum atomic E-state index is 0.290. The first-order valence-corrected chi connectivity index (χ1v) is 7.52. The average molecular weight is 312 g/mol. The van der Waals surface area contributed by atoms with Gasteiger partial charge in [0, 0.05) is 37.9 Å². The summed E-state index contributed by atoms with van der Waals surface area (Å²) in [6, 6.07) is 8.15. The highest BCUT2D eigenvalue weighted by Crippen LogP contribution is 2.26. The van der Waals surface area contributed by atoms with E-state index in [1.165, 1.54) is 11.3 Å². The highest BCUT2D eigenvalue weighted by Gasteiger charge is 2.10. The van der Waals surface area contributed by atoms with Crippen LogP contribution < -0.4 is 5.32 Å². The normalized spacial score (nSPS) is 12.6. The van der Waals surface area contributed by atoms with Crippen molar-refractivity contribution in [2.24, 2.45) is 7.05 Å². The molecule has 20 heavy (non-hydrogen) atoms. The second kappa shape index (κ2) is 7.11. The van der Waals surface area contributed by atoms with Gasteiger partial charge in [-0.1, -0.05) is 36.2 Å². The van der Waals surface area contributed by atoms with Gasteiger partial charge >= 0.3 is 0 Å². The van der Waals surface area contributed by atoms with Crippen molar-refractivity contribution in [3.05, 3.63) is 51.8 Å². The predicted octanol–water partition coefficient (Wildman–Crippen LogP) is 4.01. The molecule has 0 aliphatic carbocycles. The van der Waals surface area contributed by atoms with Crippen LogP contribution in [0.5, 0.6) is 0 Å². The summed E-state index contributed by atoms with van der Waals surface area (Å²) in [6.07, 6.45) is 3.78. The summed E-state index contributed by atoms with van der Waals surface area (Å²) in [5.41, 5.74) is 2.40. The molecule has 1 N–H and O–H groups in total. The Balaban J connectivity index is 1.95. The number of halogens is 2. The zero-order valence-corrected chi connectivity index (χ0v) is 13.2. The van der Waals surface area contributed by atoms with Gasteiger partial charge in [0.05, 0.1) is 10.0 Å². The molecule has 2 rings (SSSR count). The minimum Gasteiger partial charge on any atom is -0.310 e. The van der Waals surface area contributed by atoms with Gasteiger partial charge in [0.25, 0.3) is 0 Å². The lowest BCUT2D eigenvalue weighted by Gasteiger charge is -2.18. The molecule has 3 nitrogen and oxygen atoms in total. The Labute approximate surface area is 129 Å². The van der Waals surface area contributed by atoms with Crippen molar-refractivity contribution in [3.8, 4) is 0 Å². The van der Waals surface area contributed by atoms with E-state index >= 15 is 0 Å². The average Bonchev–Trinajstić information content (AvgIpc) is 2.84. The van der Waals surface area contributed by atoms with E-state index < -0.39 is 0 Å². The molecule has 0 fully saturated rings. The Morgan fingerprint density at radius 3 is 2.65 bits per heavy atom. The van der Waals surface area contributed by atoms with Crippen molar-refractivity contribution >= 4 is 23.2 Å². The number of aromatic nitrogens is 2. The van der Waals surface area contributed by atoms with Crippen LogP contribution in [0.3, 0.4) is 0 Å². The van der Waals surface area contributed by atoms with Gasteiger partial charge in [-0.05, 0) is 30.2 Å². The molecule has 1 atom stereocenters. The quantitative estimate of drug-likeness (QED) is 0.873. The predicted molar refractivity (Wildman–Crippen MR) is 84.4 cm³/mol. The van der Waals surface area contributed by atoms with E-state index in [1.807, 2.05) is 42.2 Å². The topological polar surface area (TPSA) is 29.9 Å². The third kappa shape index (κ3) is 3.75. The number of nitrogens with zero attached hydrogens (tertiary/aromatic N) is 2. The molecule has 0 amide bonds. The minimum absolute atomic E-state index is 0.290. The van der Waals surface area contributed by atoms with Crippen molar-refractivity contribution in [1.29, 1.82) is 0 Å². The Morgan fingerprint density at radius 1 is 1.25 bits per heavy atom. The van der Waals surface area contributed by atoms with Crippen molar-refractivity contribution < 1.29 is 0 Å². The number of rotatable bonds is 6. The third-order valence-corrected chi connectivity index (χ3v) is 4.19. The van der Waals surface area contributed by atoms with Crippen molar-refractivity contribution in [2.75, 3.05) is 6.54 Å². The van der Waals surface area contributed by atoms with E-state index in [4.69, 9.17) is 23.2 Å². The largest absolute Gasteiger partial charge is 0.310 e. The van der Waals surface area contributed by atoms with Crippen LogP contribution in [0.15, 0.2) is 30.5 Å². The smallest absolute Gasteiger partial charge is 0.0595 e. The molecule has 0 radical (unpaired) electrons. The number of hydrogen-bond acceptors (Lipinski definition) is 2. The standard InChI is InChI=1S/C15H19Cl2N3/c1-3-15(11-4-5-13(16)14(17)10-11)18-8-6-12-7-9-19-20(12)2/h4-5,7,9-10,15,18H,3,6,8H2,1-2H3. The number of benzene rings is 1. The fraction of sp³-hybridized carbons (Fsp3) is 0.400. The van der Waals surface area contributed by atoms with Gasteiger partial charge < -0.3 is 5.32 Å². The van der Waals surface area contributed by atoms with Gasteiger partial charge in [-0.2, -0.15) is 5.10 Å². The fourth-order valence-corrected chi connectivity index (χ4v) is 2.55. The zero-order valence-electron chi connectivity index (χ0n) is 11.7. The van der Waals surface area contributed by atoms with Gasteiger partial charge in [0.2, 0.25) is 0 Å². The summed E-state index contributed by atoms with van der Waals surface area (Å²) in [5, 5.41) is 8.93. The van der Waals surface area contributed by atoms with Gasteiger partial charge in [-0.25, -0.2) is 0 Å². The lowest BCUT2D eigenvalue weighted by atomic mass is 10.0. The first-order chi connectivity index (χ1) is 9.61. The van der Waals surface area contributed by atoms with Crippen LogP contribution in [0.4, 0.5) is 0 Å². The maximum absolute atomic E-state index is 6.08. The SMILES string of the molecule is CCC(NCCc1ccnn1C)c1ccc(Cl)c(Cl)c1. The lowest BCUT2D eigenvalue weighted by Crippen LogP contribution is -2.23. The van der Waals surface area contributed by atoms with Gasteiger partial charge in [-0.3, -0.25) is 4.68 Å². The maximum Gasteiger partial charge on any atom is 0.0595 e. The molecule has 0 saturated carbocycles. The summed E-state index contributed by atoms with van der Waals surface area (Å²) in [5.74, 6) is 0. The summed E-state index contributed by atoms with van der Waals surface area (Å²) in [7, 11) is 1.96. The molecule has 108 valence electrons. The molecular weight excluding hydrogens is 293 g/mol. The second-order valence-electron chi connectivity index (χ2n) is 4.78. The van der Waals surface area contributed by atoms with Crippen molar-refractivity contribution in [1.82, 2.24) is 15.1 Å². The van der Waals surface area contributed by atoms with Crippen LogP contribution in [0.2, 0.25) is 10.0 Å². The monoisotopic (exact) mass is 311 g/mol. The summed E-state index contributed by atoms with van der Waals surface area (Å²) in [4.78, 5) is 0. The Bertz CT molecular complexity index is 566. The molecule has 0 aliphatic heterocycles. The number of hydrogen-bond donors (Lipinski definition) is 1. The Hall–Kier alpha value is -1.03. The van der Waals surface area contributed by atoms with Crippen LogP contribution in [-0.2, 0) is 13.5 Å². The number of aryl methyl sites for hydroxylation is 1. The molecule has 0 aliphatic rings. The molecule has 0 saturated heterocycles. The summed E-state index contributed by atoms with van der Waals surface area (Å²) < 4.78 is 1.90. The van der Waals surface area contributed by atoms with E-state index in [1.54, 1.807) is 0 Å². The van der Waals surface area contributed by atoms with Crippen LogP contribution in [-0.4, -0.2) is 16.3 Å². The van der Waals surface area contributed by atoms with Gasteiger partial charge in [-0.15, -0.1) is 0 Å².